The van der Waals surface area contributed by atoms with Gasteiger partial charge in [0.05, 0.1) is 12.5 Å². The minimum atomic E-state index is -3.47. The van der Waals surface area contributed by atoms with E-state index in [2.05, 4.69) is 17.7 Å². The van der Waals surface area contributed by atoms with Gasteiger partial charge in [0.1, 0.15) is 0 Å². The molecule has 1 aromatic carbocycles. The van der Waals surface area contributed by atoms with Gasteiger partial charge >= 0.3 is 10.2 Å². The standard InChI is InChI=1S/C14H19N3O2S/c1-12-7-10-17(11-8-12)20(18,19)16-14-4-2-13(3-5-14)6-9-15/h2-5,12,16H,6-8,10-11H2,1H3. The molecule has 1 aromatic rings. The largest absolute Gasteiger partial charge is 0.301 e. The Balaban J connectivity index is 2.02. The lowest BCUT2D eigenvalue weighted by atomic mass is 10.0. The van der Waals surface area contributed by atoms with Crippen molar-refractivity contribution in [2.45, 2.75) is 26.2 Å². The Morgan fingerprint density at radius 2 is 1.90 bits per heavy atom. The first-order valence-electron chi connectivity index (χ1n) is 6.75. The Morgan fingerprint density at radius 1 is 1.30 bits per heavy atom. The van der Waals surface area contributed by atoms with E-state index in [1.807, 2.05) is 0 Å². The fraction of sp³-hybridized carbons (Fsp3) is 0.500. The van der Waals surface area contributed by atoms with Gasteiger partial charge in [-0.1, -0.05) is 19.1 Å². The van der Waals surface area contributed by atoms with Crippen molar-refractivity contribution < 1.29 is 8.42 Å². The summed E-state index contributed by atoms with van der Waals surface area (Å²) in [6.07, 6.45) is 2.14. The summed E-state index contributed by atoms with van der Waals surface area (Å²) in [6.45, 7) is 3.29. The predicted octanol–water partition coefficient (Wildman–Crippen LogP) is 2.14. The average Bonchev–Trinajstić information content (AvgIpc) is 2.41. The number of nitrogens with one attached hydrogen (secondary N) is 1. The molecule has 20 heavy (non-hydrogen) atoms. The van der Waals surface area contributed by atoms with E-state index in [0.717, 1.165) is 18.4 Å². The van der Waals surface area contributed by atoms with Crippen LogP contribution in [0, 0.1) is 17.2 Å². The molecule has 1 N–H and O–H groups in total. The van der Waals surface area contributed by atoms with Crippen LogP contribution in [0.4, 0.5) is 5.69 Å². The highest BCUT2D eigenvalue weighted by atomic mass is 32.2. The van der Waals surface area contributed by atoms with Crippen LogP contribution in [0.1, 0.15) is 25.3 Å². The third-order valence-electron chi connectivity index (χ3n) is 3.57. The molecule has 0 saturated carbocycles. The van der Waals surface area contributed by atoms with Gasteiger partial charge in [0.15, 0.2) is 0 Å². The van der Waals surface area contributed by atoms with E-state index in [1.54, 1.807) is 24.3 Å². The summed E-state index contributed by atoms with van der Waals surface area (Å²) in [6, 6.07) is 8.97. The topological polar surface area (TPSA) is 73.2 Å². The number of anilines is 1. The molecule has 0 radical (unpaired) electrons. The normalized spacial score (nSPS) is 17.6. The maximum absolute atomic E-state index is 12.2. The molecule has 0 aliphatic carbocycles. The number of nitrogens with zero attached hydrogens (tertiary/aromatic N) is 2. The van der Waals surface area contributed by atoms with Crippen molar-refractivity contribution >= 4 is 15.9 Å². The molecule has 0 spiro atoms. The third-order valence-corrected chi connectivity index (χ3v) is 5.11. The molecular weight excluding hydrogens is 274 g/mol. The van der Waals surface area contributed by atoms with Crippen molar-refractivity contribution in [1.82, 2.24) is 4.31 Å². The van der Waals surface area contributed by atoms with Crippen LogP contribution in [0.15, 0.2) is 24.3 Å². The van der Waals surface area contributed by atoms with Crippen molar-refractivity contribution in [3.05, 3.63) is 29.8 Å². The Hall–Kier alpha value is -1.58. The molecule has 1 aliphatic rings. The van der Waals surface area contributed by atoms with Crippen LogP contribution in [0.5, 0.6) is 0 Å². The SMILES string of the molecule is CC1CCN(S(=O)(=O)Nc2ccc(CC#N)cc2)CC1. The lowest BCUT2D eigenvalue weighted by molar-refractivity contribution is 0.289. The number of rotatable bonds is 4. The van der Waals surface area contributed by atoms with Gasteiger partial charge in [0.25, 0.3) is 0 Å². The highest BCUT2D eigenvalue weighted by Crippen LogP contribution is 2.20. The third kappa shape index (κ3) is 3.71. The van der Waals surface area contributed by atoms with Gasteiger partial charge in [-0.3, -0.25) is 4.72 Å². The smallest absolute Gasteiger partial charge is 0.271 e. The molecule has 1 fully saturated rings. The van der Waals surface area contributed by atoms with Crippen molar-refractivity contribution in [3.8, 4) is 6.07 Å². The first-order valence-corrected chi connectivity index (χ1v) is 8.19. The minimum absolute atomic E-state index is 0.330. The van der Waals surface area contributed by atoms with E-state index < -0.39 is 10.2 Å². The minimum Gasteiger partial charge on any atom is -0.271 e. The zero-order valence-electron chi connectivity index (χ0n) is 11.5. The van der Waals surface area contributed by atoms with E-state index in [1.165, 1.54) is 4.31 Å². The summed E-state index contributed by atoms with van der Waals surface area (Å²) in [4.78, 5) is 0. The monoisotopic (exact) mass is 293 g/mol. The molecule has 108 valence electrons. The van der Waals surface area contributed by atoms with Gasteiger partial charge in [-0.2, -0.15) is 18.0 Å². The molecule has 0 unspecified atom stereocenters. The zero-order chi connectivity index (χ0) is 14.6. The molecule has 0 bridgehead atoms. The van der Waals surface area contributed by atoms with Gasteiger partial charge in [-0.05, 0) is 36.5 Å². The first kappa shape index (κ1) is 14.8. The molecule has 1 heterocycles. The van der Waals surface area contributed by atoms with E-state index >= 15 is 0 Å². The van der Waals surface area contributed by atoms with Crippen LogP contribution >= 0.6 is 0 Å². The van der Waals surface area contributed by atoms with Crippen LogP contribution in [-0.4, -0.2) is 25.8 Å². The summed E-state index contributed by atoms with van der Waals surface area (Å²) in [7, 11) is -3.47. The van der Waals surface area contributed by atoms with Crippen molar-refractivity contribution in [2.24, 2.45) is 5.92 Å². The summed E-state index contributed by atoms with van der Waals surface area (Å²) in [5, 5.41) is 8.60. The van der Waals surface area contributed by atoms with E-state index in [9.17, 15) is 8.42 Å². The molecule has 6 heteroatoms. The number of hydrogen-bond acceptors (Lipinski definition) is 3. The van der Waals surface area contributed by atoms with Crippen molar-refractivity contribution in [2.75, 3.05) is 17.8 Å². The maximum Gasteiger partial charge on any atom is 0.301 e. The second-order valence-corrected chi connectivity index (χ2v) is 6.89. The van der Waals surface area contributed by atoms with Crippen LogP contribution in [-0.2, 0) is 16.6 Å². The lowest BCUT2D eigenvalue weighted by Crippen LogP contribution is -2.41. The molecule has 1 aliphatic heterocycles. The van der Waals surface area contributed by atoms with E-state index in [0.29, 0.717) is 31.1 Å². The Bertz CT molecular complexity index is 582. The summed E-state index contributed by atoms with van der Waals surface area (Å²) >= 11 is 0. The summed E-state index contributed by atoms with van der Waals surface area (Å²) in [5.41, 5.74) is 1.41. The molecule has 0 atom stereocenters. The van der Waals surface area contributed by atoms with Gasteiger partial charge in [-0.15, -0.1) is 0 Å². The van der Waals surface area contributed by atoms with E-state index in [-0.39, 0.29) is 0 Å². The fourth-order valence-corrected chi connectivity index (χ4v) is 3.48. The summed E-state index contributed by atoms with van der Waals surface area (Å²) in [5.74, 6) is 0.590. The highest BCUT2D eigenvalue weighted by molar-refractivity contribution is 7.90. The van der Waals surface area contributed by atoms with Gasteiger partial charge in [0, 0.05) is 18.8 Å². The number of piperidine rings is 1. The highest BCUT2D eigenvalue weighted by Gasteiger charge is 2.26. The lowest BCUT2D eigenvalue weighted by Gasteiger charge is -2.29. The number of nitriles is 1. The van der Waals surface area contributed by atoms with E-state index in [4.69, 9.17) is 5.26 Å². The van der Waals surface area contributed by atoms with Crippen molar-refractivity contribution in [1.29, 1.82) is 5.26 Å². The predicted molar refractivity (Wildman–Crippen MR) is 78.3 cm³/mol. The molecule has 2 rings (SSSR count). The molecular formula is C14H19N3O2S. The Kier molecular flexibility index (Phi) is 4.63. The van der Waals surface area contributed by atoms with Crippen LogP contribution in [0.2, 0.25) is 0 Å². The fourth-order valence-electron chi connectivity index (χ4n) is 2.22. The van der Waals surface area contributed by atoms with Crippen molar-refractivity contribution in [3.63, 3.8) is 0 Å². The molecule has 1 saturated heterocycles. The van der Waals surface area contributed by atoms with Gasteiger partial charge in [0.2, 0.25) is 0 Å². The molecule has 0 amide bonds. The molecule has 5 nitrogen and oxygen atoms in total. The first-order chi connectivity index (χ1) is 9.51. The van der Waals surface area contributed by atoms with Gasteiger partial charge in [-0.25, -0.2) is 0 Å². The summed E-state index contributed by atoms with van der Waals surface area (Å²) < 4.78 is 28.6. The zero-order valence-corrected chi connectivity index (χ0v) is 12.4. The Morgan fingerprint density at radius 3 is 2.45 bits per heavy atom. The quantitative estimate of drug-likeness (QED) is 0.924. The van der Waals surface area contributed by atoms with Gasteiger partial charge < -0.3 is 0 Å². The number of hydrogen-bond donors (Lipinski definition) is 1. The van der Waals surface area contributed by atoms with Crippen LogP contribution < -0.4 is 4.72 Å². The van der Waals surface area contributed by atoms with Crippen LogP contribution in [0.3, 0.4) is 0 Å². The second kappa shape index (κ2) is 6.25. The maximum atomic E-state index is 12.2. The van der Waals surface area contributed by atoms with Crippen LogP contribution in [0.25, 0.3) is 0 Å². The average molecular weight is 293 g/mol. The Labute approximate surface area is 120 Å². The second-order valence-electron chi connectivity index (χ2n) is 5.22. The number of benzene rings is 1. The molecule has 0 aromatic heterocycles.